The van der Waals surface area contributed by atoms with Crippen LogP contribution in [0.5, 0.6) is 0 Å². The van der Waals surface area contributed by atoms with E-state index in [0.29, 0.717) is 0 Å². The van der Waals surface area contributed by atoms with E-state index in [1.165, 1.54) is 0 Å². The smallest absolute Gasteiger partial charge is 0.181 e. The first-order valence-electron chi connectivity index (χ1n) is 6.88. The molecule has 0 unspecified atom stereocenters. The quantitative estimate of drug-likeness (QED) is 0.733. The average molecular weight is 402 g/mol. The van der Waals surface area contributed by atoms with Gasteiger partial charge >= 0.3 is 0 Å². The number of nitrogens with one attached hydrogen (secondary N) is 1. The van der Waals surface area contributed by atoms with Crippen LogP contribution in [0.15, 0.2) is 5.38 Å². The van der Waals surface area contributed by atoms with E-state index in [1.807, 2.05) is 12.3 Å². The minimum atomic E-state index is 0.733. The van der Waals surface area contributed by atoms with Crippen LogP contribution in [-0.4, -0.2) is 21.5 Å². The highest BCUT2D eigenvalue weighted by Crippen LogP contribution is 2.25. The molecule has 0 spiro atoms. The Morgan fingerprint density at radius 2 is 2.00 bits per heavy atom. The summed E-state index contributed by atoms with van der Waals surface area (Å²) in [5, 5.41) is 6.46. The van der Waals surface area contributed by atoms with Crippen molar-refractivity contribution in [3.63, 3.8) is 0 Å². The summed E-state index contributed by atoms with van der Waals surface area (Å²) in [6.07, 6.45) is 3.13. The first-order valence-corrected chi connectivity index (χ1v) is 8.84. The van der Waals surface area contributed by atoms with E-state index in [-0.39, 0.29) is 0 Å². The molecular weight excluding hydrogens is 383 g/mol. The van der Waals surface area contributed by atoms with Crippen LogP contribution in [0.3, 0.4) is 0 Å². The van der Waals surface area contributed by atoms with E-state index in [2.05, 4.69) is 51.7 Å². The molecule has 2 aromatic rings. The topological polar surface area (TPSA) is 50.7 Å². The number of aryl methyl sites for hydroxylation is 2. The van der Waals surface area contributed by atoms with Crippen molar-refractivity contribution in [2.24, 2.45) is 0 Å². The van der Waals surface area contributed by atoms with E-state index in [4.69, 9.17) is 4.98 Å². The van der Waals surface area contributed by atoms with Gasteiger partial charge in [-0.2, -0.15) is 0 Å². The molecule has 0 amide bonds. The van der Waals surface area contributed by atoms with Gasteiger partial charge in [-0.3, -0.25) is 0 Å². The van der Waals surface area contributed by atoms with E-state index in [0.717, 1.165) is 57.4 Å². The van der Waals surface area contributed by atoms with Gasteiger partial charge in [0.25, 0.3) is 0 Å². The highest BCUT2D eigenvalue weighted by molar-refractivity contribution is 14.1. The normalized spacial score (nSPS) is 10.8. The zero-order valence-electron chi connectivity index (χ0n) is 12.0. The SMILES string of the molecule is CCCNc1nc(-c2csc(C)n2)nc(CCC)c1I. The van der Waals surface area contributed by atoms with Crippen LogP contribution in [0.25, 0.3) is 11.5 Å². The van der Waals surface area contributed by atoms with Gasteiger partial charge in [0.15, 0.2) is 5.82 Å². The standard InChI is InChI=1S/C14H19IN4S/c1-4-6-10-12(15)14(16-7-5-2)19-13(18-10)11-8-20-9(3)17-11/h8H,4-7H2,1-3H3,(H,16,18,19). The molecule has 0 aromatic carbocycles. The van der Waals surface area contributed by atoms with Gasteiger partial charge in [-0.15, -0.1) is 11.3 Å². The van der Waals surface area contributed by atoms with Gasteiger partial charge in [0.2, 0.25) is 0 Å². The number of halogens is 1. The van der Waals surface area contributed by atoms with Crippen molar-refractivity contribution >= 4 is 39.7 Å². The van der Waals surface area contributed by atoms with Gasteiger partial charge in [0.1, 0.15) is 11.5 Å². The molecular formula is C14H19IN4S. The molecule has 2 rings (SSSR count). The van der Waals surface area contributed by atoms with Crippen LogP contribution in [0, 0.1) is 10.5 Å². The van der Waals surface area contributed by atoms with Crippen LogP contribution in [-0.2, 0) is 6.42 Å². The lowest BCUT2D eigenvalue weighted by Crippen LogP contribution is -2.09. The summed E-state index contributed by atoms with van der Waals surface area (Å²) in [5.41, 5.74) is 1.99. The summed E-state index contributed by atoms with van der Waals surface area (Å²) < 4.78 is 1.13. The summed E-state index contributed by atoms with van der Waals surface area (Å²) in [6.45, 7) is 7.25. The molecule has 0 bridgehead atoms. The van der Waals surface area contributed by atoms with Crippen LogP contribution in [0.2, 0.25) is 0 Å². The van der Waals surface area contributed by atoms with Crippen molar-refractivity contribution in [3.8, 4) is 11.5 Å². The molecule has 0 aliphatic carbocycles. The summed E-state index contributed by atoms with van der Waals surface area (Å²) in [6, 6.07) is 0. The molecule has 2 aromatic heterocycles. The van der Waals surface area contributed by atoms with Gasteiger partial charge in [-0.05, 0) is 42.4 Å². The molecule has 4 nitrogen and oxygen atoms in total. The lowest BCUT2D eigenvalue weighted by atomic mass is 10.2. The van der Waals surface area contributed by atoms with Gasteiger partial charge in [-0.1, -0.05) is 20.3 Å². The Kier molecular flexibility index (Phi) is 5.71. The zero-order valence-corrected chi connectivity index (χ0v) is 15.0. The molecule has 1 N–H and O–H groups in total. The van der Waals surface area contributed by atoms with Gasteiger partial charge < -0.3 is 5.32 Å². The molecule has 20 heavy (non-hydrogen) atoms. The minimum absolute atomic E-state index is 0.733. The monoisotopic (exact) mass is 402 g/mol. The Bertz CT molecular complexity index is 583. The Morgan fingerprint density at radius 1 is 1.20 bits per heavy atom. The Morgan fingerprint density at radius 3 is 2.60 bits per heavy atom. The fourth-order valence-corrected chi connectivity index (χ4v) is 3.13. The Hall–Kier alpha value is -0.760. The zero-order chi connectivity index (χ0) is 14.5. The number of anilines is 1. The molecule has 0 radical (unpaired) electrons. The van der Waals surface area contributed by atoms with Gasteiger partial charge in [0.05, 0.1) is 14.3 Å². The molecule has 0 aliphatic heterocycles. The van der Waals surface area contributed by atoms with E-state index in [9.17, 15) is 0 Å². The predicted octanol–water partition coefficient (Wildman–Crippen LogP) is 4.29. The second-order valence-electron chi connectivity index (χ2n) is 4.59. The lowest BCUT2D eigenvalue weighted by molar-refractivity contribution is 0.862. The molecule has 0 aliphatic rings. The van der Waals surface area contributed by atoms with Crippen LogP contribution < -0.4 is 5.32 Å². The van der Waals surface area contributed by atoms with Crippen LogP contribution >= 0.6 is 33.9 Å². The predicted molar refractivity (Wildman–Crippen MR) is 93.4 cm³/mol. The number of hydrogen-bond donors (Lipinski definition) is 1. The van der Waals surface area contributed by atoms with E-state index in [1.54, 1.807) is 11.3 Å². The maximum atomic E-state index is 4.70. The Balaban J connectivity index is 2.43. The minimum Gasteiger partial charge on any atom is -0.369 e. The number of rotatable bonds is 6. The highest BCUT2D eigenvalue weighted by atomic mass is 127. The largest absolute Gasteiger partial charge is 0.369 e. The summed E-state index contributed by atoms with van der Waals surface area (Å²) in [4.78, 5) is 13.8. The molecule has 2 heterocycles. The third-order valence-electron chi connectivity index (χ3n) is 2.80. The first-order chi connectivity index (χ1) is 9.65. The van der Waals surface area contributed by atoms with Crippen LogP contribution in [0.1, 0.15) is 37.4 Å². The lowest BCUT2D eigenvalue weighted by Gasteiger charge is -2.11. The fraction of sp³-hybridized carbons (Fsp3) is 0.500. The van der Waals surface area contributed by atoms with Crippen LogP contribution in [0.4, 0.5) is 5.82 Å². The first kappa shape index (κ1) is 15.6. The summed E-state index contributed by atoms with van der Waals surface area (Å²) in [7, 11) is 0. The van der Waals surface area contributed by atoms with Crippen molar-refractivity contribution in [2.75, 3.05) is 11.9 Å². The summed E-state index contributed by atoms with van der Waals surface area (Å²) >= 11 is 3.97. The van der Waals surface area contributed by atoms with Crippen molar-refractivity contribution < 1.29 is 0 Å². The second-order valence-corrected chi connectivity index (χ2v) is 6.73. The third-order valence-corrected chi connectivity index (χ3v) is 4.70. The Labute approximate surface area is 137 Å². The highest BCUT2D eigenvalue weighted by Gasteiger charge is 2.14. The molecule has 0 saturated heterocycles. The van der Waals surface area contributed by atoms with Gasteiger partial charge in [0, 0.05) is 11.9 Å². The van der Waals surface area contributed by atoms with E-state index >= 15 is 0 Å². The molecule has 6 heteroatoms. The number of aromatic nitrogens is 3. The van der Waals surface area contributed by atoms with Crippen molar-refractivity contribution in [1.29, 1.82) is 0 Å². The van der Waals surface area contributed by atoms with E-state index < -0.39 is 0 Å². The maximum Gasteiger partial charge on any atom is 0.181 e. The number of nitrogens with zero attached hydrogens (tertiary/aromatic N) is 3. The maximum absolute atomic E-state index is 4.70. The van der Waals surface area contributed by atoms with Crippen molar-refractivity contribution in [3.05, 3.63) is 19.7 Å². The van der Waals surface area contributed by atoms with Crippen molar-refractivity contribution in [2.45, 2.75) is 40.0 Å². The van der Waals surface area contributed by atoms with Gasteiger partial charge in [-0.25, -0.2) is 15.0 Å². The molecule has 0 fully saturated rings. The third kappa shape index (κ3) is 3.66. The molecule has 108 valence electrons. The van der Waals surface area contributed by atoms with Crippen molar-refractivity contribution in [1.82, 2.24) is 15.0 Å². The number of hydrogen-bond acceptors (Lipinski definition) is 5. The summed E-state index contributed by atoms with van der Waals surface area (Å²) in [5.74, 6) is 1.67. The molecule has 0 saturated carbocycles. The average Bonchev–Trinajstić information content (AvgIpc) is 2.86. The second kappa shape index (κ2) is 7.31. The molecule has 0 atom stereocenters. The number of thiazole rings is 1. The fourth-order valence-electron chi connectivity index (χ4n) is 1.84.